The Labute approximate surface area is 215 Å². The van der Waals surface area contributed by atoms with Crippen LogP contribution in [-0.2, 0) is 24.1 Å². The standard InChI is InChI=1S/C29H29ClFNO4/c1-29(18-21-9-11-25(31)24(30)16-21)19-23-17-22(10-12-26(23)36-29)28(35)32(15-13-27(33)34)14-5-8-20-6-3-2-4-7-20/h2-4,6-7,9-12,16-17H,5,8,13-15,18-19H2,1H3,(H,33,34)/t29-/m1/s1. The van der Waals surface area contributed by atoms with Crippen molar-refractivity contribution in [3.8, 4) is 5.75 Å². The molecule has 1 aliphatic rings. The van der Waals surface area contributed by atoms with Crippen LogP contribution in [0, 0.1) is 5.82 Å². The van der Waals surface area contributed by atoms with Crippen molar-refractivity contribution in [2.24, 2.45) is 0 Å². The van der Waals surface area contributed by atoms with E-state index in [0.717, 1.165) is 24.0 Å². The molecule has 0 radical (unpaired) electrons. The van der Waals surface area contributed by atoms with Gasteiger partial charge in [-0.05, 0) is 66.8 Å². The van der Waals surface area contributed by atoms with Crippen LogP contribution in [0.4, 0.5) is 4.39 Å². The number of fused-ring (bicyclic) bond motifs is 1. The van der Waals surface area contributed by atoms with Gasteiger partial charge in [-0.1, -0.05) is 48.0 Å². The Hall–Kier alpha value is -3.38. The van der Waals surface area contributed by atoms with E-state index in [2.05, 4.69) is 0 Å². The summed E-state index contributed by atoms with van der Waals surface area (Å²) in [5, 5.41) is 9.25. The minimum absolute atomic E-state index is 0.0770. The Balaban J connectivity index is 1.45. The van der Waals surface area contributed by atoms with Gasteiger partial charge >= 0.3 is 5.97 Å². The molecule has 0 fully saturated rings. The van der Waals surface area contributed by atoms with E-state index < -0.39 is 17.4 Å². The molecule has 0 aliphatic carbocycles. The summed E-state index contributed by atoms with van der Waals surface area (Å²) in [6, 6.07) is 20.0. The first-order valence-electron chi connectivity index (χ1n) is 12.0. The second-order valence-electron chi connectivity index (χ2n) is 9.50. The van der Waals surface area contributed by atoms with E-state index in [4.69, 9.17) is 16.3 Å². The first kappa shape index (κ1) is 25.7. The molecule has 0 bridgehead atoms. The Morgan fingerprint density at radius 1 is 1.06 bits per heavy atom. The molecule has 188 valence electrons. The van der Waals surface area contributed by atoms with E-state index in [-0.39, 0.29) is 23.9 Å². The quantitative estimate of drug-likeness (QED) is 0.366. The van der Waals surface area contributed by atoms with E-state index >= 15 is 0 Å². The molecule has 1 heterocycles. The van der Waals surface area contributed by atoms with Crippen LogP contribution >= 0.6 is 11.6 Å². The highest BCUT2D eigenvalue weighted by molar-refractivity contribution is 6.30. The van der Waals surface area contributed by atoms with Crippen molar-refractivity contribution in [2.75, 3.05) is 13.1 Å². The zero-order valence-corrected chi connectivity index (χ0v) is 20.9. The lowest BCUT2D eigenvalue weighted by Crippen LogP contribution is -2.34. The van der Waals surface area contributed by atoms with Crippen LogP contribution in [0.25, 0.3) is 0 Å². The van der Waals surface area contributed by atoms with Crippen LogP contribution in [0.15, 0.2) is 66.7 Å². The zero-order valence-electron chi connectivity index (χ0n) is 20.2. The van der Waals surface area contributed by atoms with Gasteiger partial charge in [0.2, 0.25) is 0 Å². The van der Waals surface area contributed by atoms with Gasteiger partial charge in [0.25, 0.3) is 5.91 Å². The van der Waals surface area contributed by atoms with Crippen LogP contribution in [0.1, 0.15) is 46.8 Å². The average Bonchev–Trinajstić information content (AvgIpc) is 3.18. The maximum Gasteiger partial charge on any atom is 0.305 e. The van der Waals surface area contributed by atoms with Gasteiger partial charge in [0.05, 0.1) is 11.4 Å². The van der Waals surface area contributed by atoms with Crippen molar-refractivity contribution in [1.29, 1.82) is 0 Å². The fourth-order valence-electron chi connectivity index (χ4n) is 4.68. The normalized spacial score (nSPS) is 16.3. The smallest absolute Gasteiger partial charge is 0.305 e. The number of rotatable bonds is 10. The number of aliphatic carboxylic acids is 1. The van der Waals surface area contributed by atoms with Gasteiger partial charge in [-0.25, -0.2) is 4.39 Å². The summed E-state index contributed by atoms with van der Waals surface area (Å²) in [5.41, 5.74) is 2.92. The monoisotopic (exact) mass is 509 g/mol. The molecule has 5 nitrogen and oxygen atoms in total. The highest BCUT2D eigenvalue weighted by Gasteiger charge is 2.35. The molecular weight excluding hydrogens is 481 g/mol. The molecule has 3 aromatic carbocycles. The van der Waals surface area contributed by atoms with Gasteiger partial charge in [0, 0.05) is 31.5 Å². The van der Waals surface area contributed by atoms with Crippen LogP contribution in [0.2, 0.25) is 5.02 Å². The van der Waals surface area contributed by atoms with E-state index in [1.807, 2.05) is 43.3 Å². The van der Waals surface area contributed by atoms with Crippen LogP contribution < -0.4 is 4.74 Å². The Morgan fingerprint density at radius 2 is 1.83 bits per heavy atom. The van der Waals surface area contributed by atoms with Crippen LogP contribution in [0.5, 0.6) is 5.75 Å². The minimum atomic E-state index is -0.935. The predicted molar refractivity (Wildman–Crippen MR) is 137 cm³/mol. The maximum absolute atomic E-state index is 13.5. The summed E-state index contributed by atoms with van der Waals surface area (Å²) in [6.07, 6.45) is 2.56. The van der Waals surface area contributed by atoms with Gasteiger partial charge in [0.1, 0.15) is 17.2 Å². The summed E-state index contributed by atoms with van der Waals surface area (Å²) in [7, 11) is 0. The molecule has 4 rings (SSSR count). The Bertz CT molecular complexity index is 1250. The van der Waals surface area contributed by atoms with E-state index in [0.29, 0.717) is 30.7 Å². The zero-order chi connectivity index (χ0) is 25.7. The first-order valence-corrected chi connectivity index (χ1v) is 12.4. The van der Waals surface area contributed by atoms with Gasteiger partial charge in [0.15, 0.2) is 0 Å². The van der Waals surface area contributed by atoms with Gasteiger partial charge < -0.3 is 14.7 Å². The Morgan fingerprint density at radius 3 is 2.56 bits per heavy atom. The van der Waals surface area contributed by atoms with Crippen molar-refractivity contribution < 1.29 is 23.8 Å². The number of nitrogens with zero attached hydrogens (tertiary/aromatic N) is 1. The maximum atomic E-state index is 13.5. The topological polar surface area (TPSA) is 66.8 Å². The number of carboxylic acids is 1. The second kappa shape index (κ2) is 11.1. The molecular formula is C29H29ClFNO4. The number of carbonyl (C=O) groups is 2. The summed E-state index contributed by atoms with van der Waals surface area (Å²) >= 11 is 5.94. The van der Waals surface area contributed by atoms with Gasteiger partial charge in [-0.15, -0.1) is 0 Å². The molecule has 0 unspecified atom stereocenters. The highest BCUT2D eigenvalue weighted by atomic mass is 35.5. The largest absolute Gasteiger partial charge is 0.487 e. The third-order valence-electron chi connectivity index (χ3n) is 6.41. The lowest BCUT2D eigenvalue weighted by molar-refractivity contribution is -0.137. The van der Waals surface area contributed by atoms with E-state index in [9.17, 15) is 19.1 Å². The molecule has 1 N–H and O–H groups in total. The summed E-state index contributed by atoms with van der Waals surface area (Å²) in [5.74, 6) is -0.870. The number of aryl methyl sites for hydroxylation is 1. The van der Waals surface area contributed by atoms with Crippen LogP contribution in [0.3, 0.4) is 0 Å². The molecule has 1 atom stereocenters. The molecule has 36 heavy (non-hydrogen) atoms. The van der Waals surface area contributed by atoms with Crippen molar-refractivity contribution in [3.05, 3.63) is 99.8 Å². The van der Waals surface area contributed by atoms with Crippen molar-refractivity contribution in [2.45, 2.75) is 44.6 Å². The van der Waals surface area contributed by atoms with E-state index in [1.54, 1.807) is 29.2 Å². The number of benzene rings is 3. The molecule has 1 aliphatic heterocycles. The molecule has 0 saturated heterocycles. The van der Waals surface area contributed by atoms with Crippen molar-refractivity contribution in [3.63, 3.8) is 0 Å². The summed E-state index contributed by atoms with van der Waals surface area (Å²) in [4.78, 5) is 26.2. The van der Waals surface area contributed by atoms with Crippen LogP contribution in [-0.4, -0.2) is 40.6 Å². The fourth-order valence-corrected chi connectivity index (χ4v) is 4.88. The lowest BCUT2D eigenvalue weighted by atomic mass is 9.91. The summed E-state index contributed by atoms with van der Waals surface area (Å²) in [6.45, 7) is 2.60. The number of halogens is 2. The lowest BCUT2D eigenvalue weighted by Gasteiger charge is -2.24. The number of amides is 1. The number of hydrogen-bond acceptors (Lipinski definition) is 3. The van der Waals surface area contributed by atoms with Crippen molar-refractivity contribution >= 4 is 23.5 Å². The third kappa shape index (κ3) is 6.43. The second-order valence-corrected chi connectivity index (χ2v) is 9.91. The number of hydrogen-bond donors (Lipinski definition) is 1. The molecule has 0 aromatic heterocycles. The molecule has 0 spiro atoms. The third-order valence-corrected chi connectivity index (χ3v) is 6.70. The first-order chi connectivity index (χ1) is 17.2. The highest BCUT2D eigenvalue weighted by Crippen LogP contribution is 2.38. The fraction of sp³-hybridized carbons (Fsp3) is 0.310. The summed E-state index contributed by atoms with van der Waals surface area (Å²) < 4.78 is 19.8. The molecule has 7 heteroatoms. The molecule has 1 amide bonds. The van der Waals surface area contributed by atoms with Crippen molar-refractivity contribution in [1.82, 2.24) is 4.90 Å². The van der Waals surface area contributed by atoms with Gasteiger partial charge in [-0.3, -0.25) is 9.59 Å². The number of carbonyl (C=O) groups excluding carboxylic acids is 1. The molecule has 3 aromatic rings. The van der Waals surface area contributed by atoms with Gasteiger partial charge in [-0.2, -0.15) is 0 Å². The minimum Gasteiger partial charge on any atom is -0.487 e. The number of carboxylic acid groups (broad SMARTS) is 1. The average molecular weight is 510 g/mol. The predicted octanol–water partition coefficient (Wildman–Crippen LogP) is 5.97. The SMILES string of the molecule is C[C@@]1(Cc2ccc(F)c(Cl)c2)Cc2cc(C(=O)N(CCCc3ccccc3)CCC(=O)O)ccc2O1. The molecule has 0 saturated carbocycles. The Kier molecular flexibility index (Phi) is 7.94. The number of ether oxygens (including phenoxy) is 1. The van der Waals surface area contributed by atoms with E-state index in [1.165, 1.54) is 11.6 Å².